The van der Waals surface area contributed by atoms with Crippen molar-refractivity contribution >= 4 is 46.9 Å². The SMILES string of the molecule is O=C1CCN(N2C(=O)c3ccc(N4CCC(N5CCC(CN6CCC(n7cc(NC(=O)c8coc(-c9ccnc(NCC(F)(F)F)c9)n8)c(C(F)F)n7)CC6)CC5)CC4)cc3C2=O)C(=O)N1. The van der Waals surface area contributed by atoms with E-state index in [2.05, 4.69) is 45.7 Å². The maximum Gasteiger partial charge on any atom is 0.405 e. The van der Waals surface area contributed by atoms with Crippen LogP contribution in [0.1, 0.15) is 94.3 Å². The van der Waals surface area contributed by atoms with Gasteiger partial charge in [0.25, 0.3) is 24.1 Å². The fraction of sp³-hybridized carbons (Fsp3) is 0.488. The summed E-state index contributed by atoms with van der Waals surface area (Å²) in [5.41, 5.74) is 0.607. The van der Waals surface area contributed by atoms with Crippen LogP contribution < -0.4 is 20.9 Å². The molecule has 18 nitrogen and oxygen atoms in total. The van der Waals surface area contributed by atoms with E-state index in [0.29, 0.717) is 24.8 Å². The van der Waals surface area contributed by atoms with E-state index in [-0.39, 0.29) is 58.8 Å². The molecule has 1 aromatic carbocycles. The summed E-state index contributed by atoms with van der Waals surface area (Å²) in [4.78, 5) is 78.7. The number of halogens is 5. The van der Waals surface area contributed by atoms with Gasteiger partial charge in [-0.05, 0) is 87.9 Å². The summed E-state index contributed by atoms with van der Waals surface area (Å²) in [6, 6.07) is 7.40. The number of aromatic nitrogens is 4. The molecule has 0 unspecified atom stereocenters. The number of nitrogens with one attached hydrogen (secondary N) is 3. The molecule has 4 fully saturated rings. The minimum absolute atomic E-state index is 0.00669. The monoisotopic (exact) mass is 922 g/mol. The molecule has 3 aromatic heterocycles. The first-order chi connectivity index (χ1) is 31.7. The summed E-state index contributed by atoms with van der Waals surface area (Å²) in [5, 5.41) is 12.8. The highest BCUT2D eigenvalue weighted by atomic mass is 19.4. The molecule has 66 heavy (non-hydrogen) atoms. The number of anilines is 3. The largest absolute Gasteiger partial charge is 0.444 e. The molecule has 0 spiro atoms. The molecule has 8 heterocycles. The summed E-state index contributed by atoms with van der Waals surface area (Å²) < 4.78 is 73.1. The first-order valence-electron chi connectivity index (χ1n) is 21.9. The molecule has 6 amide bonds. The number of alkyl halides is 5. The van der Waals surface area contributed by atoms with E-state index in [4.69, 9.17) is 4.42 Å². The quantitative estimate of drug-likeness (QED) is 0.118. The average molecular weight is 923 g/mol. The molecule has 4 saturated heterocycles. The summed E-state index contributed by atoms with van der Waals surface area (Å²) in [5.74, 6) is -2.08. The lowest BCUT2D eigenvalue weighted by atomic mass is 9.92. The second-order valence-electron chi connectivity index (χ2n) is 17.2. The highest BCUT2D eigenvalue weighted by molar-refractivity contribution is 6.22. The number of rotatable bonds is 12. The second-order valence-corrected chi connectivity index (χ2v) is 17.2. The van der Waals surface area contributed by atoms with Gasteiger partial charge in [-0.3, -0.25) is 29.2 Å². The number of pyridine rings is 1. The summed E-state index contributed by atoms with van der Waals surface area (Å²) in [7, 11) is 0. The number of fused-ring (bicyclic) bond motifs is 1. The fourth-order valence-corrected chi connectivity index (χ4v) is 9.50. The number of piperidine rings is 3. The van der Waals surface area contributed by atoms with Gasteiger partial charge in [0, 0.05) is 68.8 Å². The van der Waals surface area contributed by atoms with Gasteiger partial charge in [-0.2, -0.15) is 23.3 Å². The number of urea groups is 1. The molecule has 0 aliphatic carbocycles. The smallest absolute Gasteiger partial charge is 0.405 e. The van der Waals surface area contributed by atoms with Crippen molar-refractivity contribution in [1.29, 1.82) is 0 Å². The topological polar surface area (TPSA) is 194 Å². The highest BCUT2D eigenvalue weighted by Crippen LogP contribution is 2.34. The highest BCUT2D eigenvalue weighted by Gasteiger charge is 2.44. The van der Waals surface area contributed by atoms with E-state index in [1.165, 1.54) is 29.2 Å². The summed E-state index contributed by atoms with van der Waals surface area (Å²) in [6.07, 6.45) is 1.69. The number of nitrogens with zero attached hydrogens (tertiary/aromatic N) is 9. The number of carbonyl (C=O) groups excluding carboxylic acids is 5. The van der Waals surface area contributed by atoms with Crippen LogP contribution in [-0.2, 0) is 4.79 Å². The molecule has 3 N–H and O–H groups in total. The van der Waals surface area contributed by atoms with E-state index >= 15 is 0 Å². The molecule has 0 radical (unpaired) electrons. The zero-order valence-corrected chi connectivity index (χ0v) is 35.6. The second kappa shape index (κ2) is 18.4. The van der Waals surface area contributed by atoms with Gasteiger partial charge >= 0.3 is 12.2 Å². The van der Waals surface area contributed by atoms with Gasteiger partial charge in [0.15, 0.2) is 11.4 Å². The van der Waals surface area contributed by atoms with Gasteiger partial charge in [-0.15, -0.1) is 0 Å². The van der Waals surface area contributed by atoms with Gasteiger partial charge in [0.2, 0.25) is 11.8 Å². The van der Waals surface area contributed by atoms with Gasteiger partial charge in [0.1, 0.15) is 18.6 Å². The van der Waals surface area contributed by atoms with Crippen molar-refractivity contribution in [2.45, 2.75) is 69.6 Å². The predicted octanol–water partition coefficient (Wildman–Crippen LogP) is 5.57. The Hall–Kier alpha value is -6.49. The van der Waals surface area contributed by atoms with Crippen LogP contribution in [0.3, 0.4) is 0 Å². The lowest BCUT2D eigenvalue weighted by molar-refractivity contribution is -0.123. The summed E-state index contributed by atoms with van der Waals surface area (Å²) >= 11 is 0. The van der Waals surface area contributed by atoms with E-state index in [1.807, 2.05) is 6.07 Å². The number of oxazole rings is 1. The van der Waals surface area contributed by atoms with Crippen molar-refractivity contribution in [3.05, 3.63) is 71.5 Å². The number of amides is 6. The molecule has 0 bridgehead atoms. The van der Waals surface area contributed by atoms with Gasteiger partial charge in [0.05, 0.1) is 29.4 Å². The average Bonchev–Trinajstić information content (AvgIpc) is 4.03. The van der Waals surface area contributed by atoms with Crippen LogP contribution in [0.4, 0.5) is 43.9 Å². The van der Waals surface area contributed by atoms with Crippen LogP contribution in [0.15, 0.2) is 53.4 Å². The van der Waals surface area contributed by atoms with Gasteiger partial charge in [-0.25, -0.2) is 28.6 Å². The van der Waals surface area contributed by atoms with Crippen LogP contribution in [0.2, 0.25) is 0 Å². The first-order valence-corrected chi connectivity index (χ1v) is 21.9. The molecular formula is C43H47F5N12O6. The zero-order valence-electron chi connectivity index (χ0n) is 35.6. The number of hydrogen-bond donors (Lipinski definition) is 3. The molecule has 350 valence electrons. The Morgan fingerprint density at radius 2 is 1.61 bits per heavy atom. The number of imide groups is 2. The van der Waals surface area contributed by atoms with Crippen LogP contribution in [0, 0.1) is 5.92 Å². The fourth-order valence-electron chi connectivity index (χ4n) is 9.50. The van der Waals surface area contributed by atoms with Crippen molar-refractivity contribution in [1.82, 2.24) is 44.9 Å². The first kappa shape index (κ1) is 44.7. The number of hydrogen-bond acceptors (Lipinski definition) is 13. The lowest BCUT2D eigenvalue weighted by Gasteiger charge is -2.43. The minimum atomic E-state index is -4.46. The predicted molar refractivity (Wildman–Crippen MR) is 225 cm³/mol. The van der Waals surface area contributed by atoms with Gasteiger partial charge < -0.3 is 29.8 Å². The Morgan fingerprint density at radius 1 is 0.879 bits per heavy atom. The third-order valence-corrected chi connectivity index (χ3v) is 13.0. The molecule has 0 atom stereocenters. The van der Waals surface area contributed by atoms with E-state index < -0.39 is 54.5 Å². The van der Waals surface area contributed by atoms with E-state index in [9.17, 15) is 45.9 Å². The lowest BCUT2D eigenvalue weighted by Crippen LogP contribution is -2.58. The van der Waals surface area contributed by atoms with Gasteiger partial charge in [-0.1, -0.05) is 0 Å². The van der Waals surface area contributed by atoms with Crippen molar-refractivity contribution in [2.24, 2.45) is 5.92 Å². The van der Waals surface area contributed by atoms with E-state index in [0.717, 1.165) is 93.5 Å². The number of benzene rings is 1. The van der Waals surface area contributed by atoms with Crippen molar-refractivity contribution in [3.63, 3.8) is 0 Å². The zero-order chi connectivity index (χ0) is 46.3. The Bertz CT molecular complexity index is 2490. The van der Waals surface area contributed by atoms with Crippen molar-refractivity contribution < 1.29 is 50.3 Å². The standard InChI is InChI=1S/C43H47F5N12O6/c44-37(45)36-32(51-38(62)33-23-66-39(52-33)26-3-11-49-34(19-26)50-24-43(46,47)48)22-58(54-36)28-6-12-55(13-7-28)21-25-4-14-56(15-5-25)27-8-16-57(17-9-27)29-1-2-30-31(20-29)41(64)60(40(30)63)59-18-10-35(61)53-42(59)65/h1-3,11,19-20,22-23,25,27-28,37H,4-10,12-18,21,24H2,(H,49,50)(H,51,62)(H,53,61,65). The Morgan fingerprint density at radius 3 is 2.32 bits per heavy atom. The Balaban J connectivity index is 0.719. The summed E-state index contributed by atoms with van der Waals surface area (Å²) in [6.45, 7) is 4.70. The van der Waals surface area contributed by atoms with Crippen LogP contribution >= 0.6 is 0 Å². The third kappa shape index (κ3) is 9.57. The third-order valence-electron chi connectivity index (χ3n) is 13.0. The number of carbonyl (C=O) groups is 5. The molecule has 23 heteroatoms. The molecule has 4 aromatic rings. The van der Waals surface area contributed by atoms with Crippen LogP contribution in [0.5, 0.6) is 0 Å². The Labute approximate surface area is 374 Å². The normalized spacial score (nSPS) is 19.8. The molecular weight excluding hydrogens is 876 g/mol. The number of hydrazine groups is 1. The minimum Gasteiger partial charge on any atom is -0.444 e. The molecule has 5 aliphatic heterocycles. The maximum absolute atomic E-state index is 14.2. The van der Waals surface area contributed by atoms with E-state index in [1.54, 1.807) is 12.1 Å². The van der Waals surface area contributed by atoms with Crippen molar-refractivity contribution in [3.8, 4) is 11.5 Å². The van der Waals surface area contributed by atoms with Crippen molar-refractivity contribution in [2.75, 3.05) is 74.4 Å². The number of likely N-dealkylation sites (tertiary alicyclic amines) is 2. The molecule has 5 aliphatic rings. The molecule has 9 rings (SSSR count). The van der Waals surface area contributed by atoms with Crippen LogP contribution in [-0.4, -0.2) is 140 Å². The maximum atomic E-state index is 14.2. The Kier molecular flexibility index (Phi) is 12.5. The van der Waals surface area contributed by atoms with Crippen LogP contribution in [0.25, 0.3) is 11.5 Å². The molecule has 0 saturated carbocycles.